The summed E-state index contributed by atoms with van der Waals surface area (Å²) in [6, 6.07) is 0. The molecule has 0 aromatic carbocycles. The molecule has 0 saturated heterocycles. The van der Waals surface area contributed by atoms with E-state index in [0.29, 0.717) is 0 Å². The maximum atomic E-state index is 5.97. The van der Waals surface area contributed by atoms with E-state index in [1.165, 1.54) is 0 Å². The fraction of sp³-hybridized carbons (Fsp3) is 0.333. The second-order valence-electron chi connectivity index (χ2n) is 2.93. The van der Waals surface area contributed by atoms with Crippen molar-refractivity contribution in [1.82, 2.24) is 15.3 Å². The highest BCUT2D eigenvalue weighted by Crippen LogP contribution is 2.15. The molecule has 13 heavy (non-hydrogen) atoms. The first-order chi connectivity index (χ1) is 6.36. The number of rotatable bonds is 1. The summed E-state index contributed by atoms with van der Waals surface area (Å²) in [4.78, 5) is 8.22. The zero-order valence-electron chi connectivity index (χ0n) is 7.07. The first kappa shape index (κ1) is 8.66. The van der Waals surface area contributed by atoms with Gasteiger partial charge in [-0.2, -0.15) is 0 Å². The van der Waals surface area contributed by atoms with E-state index in [0.717, 1.165) is 24.4 Å². The summed E-state index contributed by atoms with van der Waals surface area (Å²) in [6.07, 6.45) is 7.14. The van der Waals surface area contributed by atoms with Crippen LogP contribution in [-0.4, -0.2) is 28.4 Å². The van der Waals surface area contributed by atoms with Crippen LogP contribution >= 0.6 is 11.6 Å². The third kappa shape index (κ3) is 2.05. The SMILES string of the molecule is ClC1C=C(c2cnccn2)CNC1. The lowest BCUT2D eigenvalue weighted by Crippen LogP contribution is -2.29. The van der Waals surface area contributed by atoms with Crippen LogP contribution in [0.2, 0.25) is 0 Å². The molecule has 0 radical (unpaired) electrons. The third-order valence-corrected chi connectivity index (χ3v) is 2.21. The van der Waals surface area contributed by atoms with Crippen LogP contribution in [-0.2, 0) is 0 Å². The molecule has 0 amide bonds. The quantitative estimate of drug-likeness (QED) is 0.682. The molecule has 1 aliphatic heterocycles. The molecule has 2 heterocycles. The molecule has 0 fully saturated rings. The Morgan fingerprint density at radius 3 is 3.08 bits per heavy atom. The number of alkyl halides is 1. The van der Waals surface area contributed by atoms with Gasteiger partial charge in [0.25, 0.3) is 0 Å². The second kappa shape index (κ2) is 3.85. The maximum Gasteiger partial charge on any atom is 0.0855 e. The molecule has 0 spiro atoms. The lowest BCUT2D eigenvalue weighted by Gasteiger charge is -2.16. The molecular weight excluding hydrogens is 186 g/mol. The summed E-state index contributed by atoms with van der Waals surface area (Å²) in [6.45, 7) is 1.65. The minimum absolute atomic E-state index is 0.0609. The Balaban J connectivity index is 2.26. The van der Waals surface area contributed by atoms with Crippen LogP contribution < -0.4 is 5.32 Å². The van der Waals surface area contributed by atoms with E-state index in [-0.39, 0.29) is 5.38 Å². The van der Waals surface area contributed by atoms with Crippen molar-refractivity contribution in [3.63, 3.8) is 0 Å². The number of nitrogens with one attached hydrogen (secondary N) is 1. The average Bonchev–Trinajstić information content (AvgIpc) is 2.19. The van der Waals surface area contributed by atoms with Gasteiger partial charge < -0.3 is 5.32 Å². The Labute approximate surface area is 81.9 Å². The van der Waals surface area contributed by atoms with Gasteiger partial charge >= 0.3 is 0 Å². The first-order valence-electron chi connectivity index (χ1n) is 4.18. The van der Waals surface area contributed by atoms with Crippen molar-refractivity contribution in [1.29, 1.82) is 0 Å². The van der Waals surface area contributed by atoms with Gasteiger partial charge in [-0.25, -0.2) is 0 Å². The minimum atomic E-state index is 0.0609. The Morgan fingerprint density at radius 2 is 2.38 bits per heavy atom. The van der Waals surface area contributed by atoms with Crippen LogP contribution in [0.5, 0.6) is 0 Å². The van der Waals surface area contributed by atoms with Crippen LogP contribution in [0.4, 0.5) is 0 Å². The van der Waals surface area contributed by atoms with Gasteiger partial charge in [0.2, 0.25) is 0 Å². The molecule has 3 nitrogen and oxygen atoms in total. The fourth-order valence-corrected chi connectivity index (χ4v) is 1.58. The van der Waals surface area contributed by atoms with Gasteiger partial charge in [-0.1, -0.05) is 6.08 Å². The van der Waals surface area contributed by atoms with Gasteiger partial charge in [0.15, 0.2) is 0 Å². The van der Waals surface area contributed by atoms with E-state index in [1.807, 2.05) is 6.08 Å². The van der Waals surface area contributed by atoms with E-state index in [4.69, 9.17) is 11.6 Å². The molecule has 0 aliphatic carbocycles. The van der Waals surface area contributed by atoms with Crippen LogP contribution in [0.1, 0.15) is 5.69 Å². The van der Waals surface area contributed by atoms with Gasteiger partial charge in [-0.15, -0.1) is 11.6 Å². The molecule has 1 aromatic heterocycles. The second-order valence-corrected chi connectivity index (χ2v) is 3.49. The van der Waals surface area contributed by atoms with E-state index >= 15 is 0 Å². The van der Waals surface area contributed by atoms with Crippen molar-refractivity contribution in [2.75, 3.05) is 13.1 Å². The number of hydrogen-bond donors (Lipinski definition) is 1. The molecule has 0 saturated carbocycles. The van der Waals surface area contributed by atoms with Crippen molar-refractivity contribution in [2.24, 2.45) is 0 Å². The zero-order chi connectivity index (χ0) is 9.10. The van der Waals surface area contributed by atoms with Crippen molar-refractivity contribution in [2.45, 2.75) is 5.38 Å². The van der Waals surface area contributed by atoms with Crippen molar-refractivity contribution in [3.8, 4) is 0 Å². The highest BCUT2D eigenvalue weighted by Gasteiger charge is 2.12. The van der Waals surface area contributed by atoms with Gasteiger partial charge in [0.05, 0.1) is 17.3 Å². The molecule has 1 N–H and O–H groups in total. The average molecular weight is 196 g/mol. The Hall–Kier alpha value is -0.930. The van der Waals surface area contributed by atoms with Crippen molar-refractivity contribution >= 4 is 17.2 Å². The summed E-state index contributed by atoms with van der Waals surface area (Å²) in [5.74, 6) is 0. The van der Waals surface area contributed by atoms with Gasteiger partial charge in [-0.3, -0.25) is 9.97 Å². The number of hydrogen-bond acceptors (Lipinski definition) is 3. The molecule has 68 valence electrons. The van der Waals surface area contributed by atoms with Gasteiger partial charge in [0.1, 0.15) is 0 Å². The van der Waals surface area contributed by atoms with Crippen molar-refractivity contribution < 1.29 is 0 Å². The van der Waals surface area contributed by atoms with E-state index in [9.17, 15) is 0 Å². The minimum Gasteiger partial charge on any atom is -0.311 e. The van der Waals surface area contributed by atoms with Crippen LogP contribution in [0.3, 0.4) is 0 Å². The highest BCUT2D eigenvalue weighted by molar-refractivity contribution is 6.22. The summed E-state index contributed by atoms with van der Waals surface area (Å²) in [5.41, 5.74) is 2.03. The zero-order valence-corrected chi connectivity index (χ0v) is 7.83. The predicted octanol–water partition coefficient (Wildman–Crippen LogP) is 1.07. The molecule has 4 heteroatoms. The number of halogens is 1. The lowest BCUT2D eigenvalue weighted by molar-refractivity contribution is 0.741. The van der Waals surface area contributed by atoms with Crippen LogP contribution in [0, 0.1) is 0 Å². The van der Waals surface area contributed by atoms with Crippen LogP contribution in [0.25, 0.3) is 5.57 Å². The molecular formula is C9H10ClN3. The largest absolute Gasteiger partial charge is 0.311 e. The molecule has 1 unspecified atom stereocenters. The molecule has 1 aliphatic rings. The lowest BCUT2D eigenvalue weighted by atomic mass is 10.1. The summed E-state index contributed by atoms with van der Waals surface area (Å²) < 4.78 is 0. The monoisotopic (exact) mass is 195 g/mol. The molecule has 2 rings (SSSR count). The normalized spacial score (nSPS) is 22.5. The van der Waals surface area contributed by atoms with Crippen LogP contribution in [0.15, 0.2) is 24.7 Å². The Bertz CT molecular complexity index is 310. The Morgan fingerprint density at radius 1 is 1.46 bits per heavy atom. The Kier molecular flexibility index (Phi) is 2.57. The summed E-state index contributed by atoms with van der Waals surface area (Å²) >= 11 is 5.97. The summed E-state index contributed by atoms with van der Waals surface area (Å²) in [5, 5.41) is 3.28. The highest BCUT2D eigenvalue weighted by atomic mass is 35.5. The van der Waals surface area contributed by atoms with E-state index in [2.05, 4.69) is 15.3 Å². The number of aromatic nitrogens is 2. The van der Waals surface area contributed by atoms with Gasteiger partial charge in [0, 0.05) is 25.5 Å². The predicted molar refractivity (Wildman–Crippen MR) is 52.5 cm³/mol. The van der Waals surface area contributed by atoms with E-state index in [1.54, 1.807) is 18.6 Å². The van der Waals surface area contributed by atoms with Gasteiger partial charge in [-0.05, 0) is 5.57 Å². The number of nitrogens with zero attached hydrogens (tertiary/aromatic N) is 2. The standard InChI is InChI=1S/C9H10ClN3/c10-8-3-7(4-12-5-8)9-6-11-1-2-13-9/h1-3,6,8,12H,4-5H2. The molecule has 0 bridgehead atoms. The molecule has 1 atom stereocenters. The first-order valence-corrected chi connectivity index (χ1v) is 4.62. The van der Waals surface area contributed by atoms with Crippen molar-refractivity contribution in [3.05, 3.63) is 30.4 Å². The molecule has 1 aromatic rings. The smallest absolute Gasteiger partial charge is 0.0855 e. The topological polar surface area (TPSA) is 37.8 Å². The maximum absolute atomic E-state index is 5.97. The van der Waals surface area contributed by atoms with E-state index < -0.39 is 0 Å². The third-order valence-electron chi connectivity index (χ3n) is 1.93. The summed E-state index contributed by atoms with van der Waals surface area (Å²) in [7, 11) is 0. The fourth-order valence-electron chi connectivity index (χ4n) is 1.32.